The number of aromatic amines is 2. The van der Waals surface area contributed by atoms with Crippen LogP contribution < -0.4 is 0 Å². The van der Waals surface area contributed by atoms with Crippen LogP contribution in [0.15, 0.2) is 16.5 Å². The molecule has 0 unspecified atom stereocenters. The zero-order valence-electron chi connectivity index (χ0n) is 6.42. The summed E-state index contributed by atoms with van der Waals surface area (Å²) in [5.41, 5.74) is 0. The van der Waals surface area contributed by atoms with E-state index in [9.17, 15) is 0 Å². The van der Waals surface area contributed by atoms with Crippen molar-refractivity contribution >= 4 is 12.2 Å². The van der Waals surface area contributed by atoms with Gasteiger partial charge in [-0.15, -0.1) is 0 Å². The van der Waals surface area contributed by atoms with Crippen molar-refractivity contribution in [3.63, 3.8) is 0 Å². The second-order valence-corrected chi connectivity index (χ2v) is 2.81. The Morgan fingerprint density at radius 1 is 1.42 bits per heavy atom. The number of nitrogens with zero attached hydrogens (tertiary/aromatic N) is 1. The van der Waals surface area contributed by atoms with E-state index in [4.69, 9.17) is 16.6 Å². The van der Waals surface area contributed by atoms with Crippen molar-refractivity contribution < 1.29 is 4.42 Å². The van der Waals surface area contributed by atoms with Gasteiger partial charge in [-0.3, -0.25) is 10.2 Å². The predicted octanol–water partition coefficient (Wildman–Crippen LogP) is 2.04. The maximum atomic E-state index is 5.32. The topological polar surface area (TPSA) is 57.6 Å². The normalized spacial score (nSPS) is 10.4. The highest BCUT2D eigenvalue weighted by molar-refractivity contribution is 7.71. The molecular weight excluding hydrogens is 174 g/mol. The van der Waals surface area contributed by atoms with Gasteiger partial charge in [0.1, 0.15) is 5.76 Å². The van der Waals surface area contributed by atoms with Crippen LogP contribution in [0.5, 0.6) is 0 Å². The van der Waals surface area contributed by atoms with Crippen LogP contribution in [0.4, 0.5) is 0 Å². The van der Waals surface area contributed by atoms with E-state index in [2.05, 4.69) is 15.2 Å². The van der Waals surface area contributed by atoms with Crippen LogP contribution in [0.1, 0.15) is 5.76 Å². The zero-order valence-corrected chi connectivity index (χ0v) is 7.23. The second kappa shape index (κ2) is 2.60. The number of nitrogens with one attached hydrogen (secondary N) is 2. The first-order chi connectivity index (χ1) is 5.75. The predicted molar refractivity (Wildman–Crippen MR) is 46.2 cm³/mol. The lowest BCUT2D eigenvalue weighted by molar-refractivity contribution is 0.544. The third-order valence-electron chi connectivity index (χ3n) is 1.47. The van der Waals surface area contributed by atoms with Crippen molar-refractivity contribution in [2.75, 3.05) is 0 Å². The molecule has 0 aliphatic carbocycles. The average Bonchev–Trinajstić information content (AvgIpc) is 2.58. The molecule has 0 amide bonds. The quantitative estimate of drug-likeness (QED) is 0.662. The smallest absolute Gasteiger partial charge is 0.213 e. The van der Waals surface area contributed by atoms with E-state index in [-0.39, 0.29) is 0 Å². The van der Waals surface area contributed by atoms with Crippen LogP contribution in [0.2, 0.25) is 0 Å². The fourth-order valence-corrected chi connectivity index (χ4v) is 1.09. The van der Waals surface area contributed by atoms with Crippen LogP contribution in [-0.4, -0.2) is 15.2 Å². The zero-order chi connectivity index (χ0) is 8.55. The minimum atomic E-state index is 0.430. The van der Waals surface area contributed by atoms with Gasteiger partial charge in [0.2, 0.25) is 4.77 Å². The average molecular weight is 181 g/mol. The molecule has 0 radical (unpaired) electrons. The lowest BCUT2D eigenvalue weighted by atomic mass is 10.4. The van der Waals surface area contributed by atoms with E-state index in [1.165, 1.54) is 0 Å². The lowest BCUT2D eigenvalue weighted by Crippen LogP contribution is -1.75. The number of aromatic nitrogens is 3. The first kappa shape index (κ1) is 7.30. The standard InChI is InChI=1S/C7H7N3OS/c1-4-2-3-5(11-4)6-8-7(12)10-9-6/h2-3H,1H3,(H2,8,9,10,12). The van der Waals surface area contributed by atoms with E-state index < -0.39 is 0 Å². The van der Waals surface area contributed by atoms with Gasteiger partial charge >= 0.3 is 0 Å². The summed E-state index contributed by atoms with van der Waals surface area (Å²) in [5, 5.41) is 5.50. The van der Waals surface area contributed by atoms with Crippen molar-refractivity contribution in [2.24, 2.45) is 0 Å². The van der Waals surface area contributed by atoms with Gasteiger partial charge in [-0.2, -0.15) is 4.98 Å². The number of rotatable bonds is 1. The molecule has 0 saturated heterocycles. The molecule has 0 aliphatic rings. The summed E-state index contributed by atoms with van der Waals surface area (Å²) >= 11 is 4.80. The highest BCUT2D eigenvalue weighted by Gasteiger charge is 2.04. The number of aryl methyl sites for hydroxylation is 1. The number of H-pyrrole nitrogens is 2. The van der Waals surface area contributed by atoms with Crippen LogP contribution in [0, 0.1) is 11.7 Å². The van der Waals surface area contributed by atoms with Gasteiger partial charge in [-0.1, -0.05) is 0 Å². The highest BCUT2D eigenvalue weighted by Crippen LogP contribution is 2.16. The van der Waals surface area contributed by atoms with E-state index in [1.807, 2.05) is 19.1 Å². The molecule has 0 saturated carbocycles. The summed E-state index contributed by atoms with van der Waals surface area (Å²) < 4.78 is 5.75. The molecular formula is C7H7N3OS. The summed E-state index contributed by atoms with van der Waals surface area (Å²) in [5.74, 6) is 2.18. The third-order valence-corrected chi connectivity index (χ3v) is 1.67. The van der Waals surface area contributed by atoms with Crippen LogP contribution in [-0.2, 0) is 0 Å². The molecule has 62 valence electrons. The minimum absolute atomic E-state index is 0.430. The van der Waals surface area contributed by atoms with Crippen molar-refractivity contribution in [1.29, 1.82) is 0 Å². The Bertz CT molecular complexity index is 439. The summed E-state index contributed by atoms with van der Waals surface area (Å²) in [7, 11) is 0. The van der Waals surface area contributed by atoms with Gasteiger partial charge in [0, 0.05) is 0 Å². The molecule has 2 aromatic rings. The van der Waals surface area contributed by atoms with Gasteiger partial charge in [0.25, 0.3) is 0 Å². The van der Waals surface area contributed by atoms with Gasteiger partial charge in [0.05, 0.1) is 0 Å². The van der Waals surface area contributed by atoms with E-state index in [0.717, 1.165) is 5.76 Å². The van der Waals surface area contributed by atoms with E-state index in [1.54, 1.807) is 0 Å². The molecule has 0 fully saturated rings. The first-order valence-corrected chi connectivity index (χ1v) is 3.88. The molecule has 0 bridgehead atoms. The van der Waals surface area contributed by atoms with Crippen molar-refractivity contribution in [2.45, 2.75) is 6.92 Å². The molecule has 0 atom stereocenters. The molecule has 0 aromatic carbocycles. The first-order valence-electron chi connectivity index (χ1n) is 3.47. The van der Waals surface area contributed by atoms with Crippen molar-refractivity contribution in [3.05, 3.63) is 22.7 Å². The molecule has 2 rings (SSSR count). The molecule has 5 heteroatoms. The largest absolute Gasteiger partial charge is 0.458 e. The summed E-state index contributed by atoms with van der Waals surface area (Å²) in [6.07, 6.45) is 0. The van der Waals surface area contributed by atoms with E-state index >= 15 is 0 Å². The molecule has 4 nitrogen and oxygen atoms in total. The number of furan rings is 1. The second-order valence-electron chi connectivity index (χ2n) is 2.43. The number of hydrogen-bond acceptors (Lipinski definition) is 3. The van der Waals surface area contributed by atoms with Crippen LogP contribution >= 0.6 is 12.2 Å². The Morgan fingerprint density at radius 3 is 2.75 bits per heavy atom. The van der Waals surface area contributed by atoms with Gasteiger partial charge < -0.3 is 4.42 Å². The maximum absolute atomic E-state index is 5.32. The Kier molecular flexibility index (Phi) is 1.58. The molecule has 2 heterocycles. The SMILES string of the molecule is Cc1ccc(-c2nc(=S)[nH][nH]2)o1. The Hall–Kier alpha value is -1.36. The fourth-order valence-electron chi connectivity index (χ4n) is 0.949. The maximum Gasteiger partial charge on any atom is 0.213 e. The van der Waals surface area contributed by atoms with Gasteiger partial charge in [-0.05, 0) is 31.3 Å². The summed E-state index contributed by atoms with van der Waals surface area (Å²) in [6.45, 7) is 1.88. The molecule has 2 N–H and O–H groups in total. The van der Waals surface area contributed by atoms with Crippen LogP contribution in [0.3, 0.4) is 0 Å². The Balaban J connectivity index is 2.50. The molecule has 12 heavy (non-hydrogen) atoms. The monoisotopic (exact) mass is 181 g/mol. The van der Waals surface area contributed by atoms with Gasteiger partial charge in [-0.25, -0.2) is 0 Å². The van der Waals surface area contributed by atoms with Crippen LogP contribution in [0.25, 0.3) is 11.6 Å². The molecule has 0 aliphatic heterocycles. The molecule has 0 spiro atoms. The Labute approximate surface area is 73.6 Å². The molecule has 2 aromatic heterocycles. The fraction of sp³-hybridized carbons (Fsp3) is 0.143. The Morgan fingerprint density at radius 2 is 2.25 bits per heavy atom. The number of hydrogen-bond donors (Lipinski definition) is 2. The van der Waals surface area contributed by atoms with Crippen molar-refractivity contribution in [1.82, 2.24) is 15.2 Å². The highest BCUT2D eigenvalue weighted by atomic mass is 32.1. The van der Waals surface area contributed by atoms with Crippen molar-refractivity contribution in [3.8, 4) is 11.6 Å². The summed E-state index contributed by atoms with van der Waals surface area (Å²) in [4.78, 5) is 4.00. The summed E-state index contributed by atoms with van der Waals surface area (Å²) in [6, 6.07) is 3.72. The van der Waals surface area contributed by atoms with E-state index in [0.29, 0.717) is 16.4 Å². The minimum Gasteiger partial charge on any atom is -0.458 e. The van der Waals surface area contributed by atoms with Gasteiger partial charge in [0.15, 0.2) is 11.6 Å². The third kappa shape index (κ3) is 1.18. The lowest BCUT2D eigenvalue weighted by Gasteiger charge is -1.86.